The molecule has 4 aliphatic rings. The predicted molar refractivity (Wildman–Crippen MR) is 102 cm³/mol. The lowest BCUT2D eigenvalue weighted by Crippen LogP contribution is -2.66. The lowest BCUT2D eigenvalue weighted by molar-refractivity contribution is -0.195. The van der Waals surface area contributed by atoms with Crippen LogP contribution in [0.2, 0.25) is 0 Å². The maximum Gasteiger partial charge on any atom is 0.178 e. The number of Topliss-reactive ketones (excluding diaryl/α,β-unsaturated/α-hetero) is 1. The Labute approximate surface area is 165 Å². The summed E-state index contributed by atoms with van der Waals surface area (Å²) < 4.78 is 16.8. The molecule has 8 atom stereocenters. The van der Waals surface area contributed by atoms with Crippen LogP contribution in [0.1, 0.15) is 46.5 Å². The maximum absolute atomic E-state index is 16.8. The van der Waals surface area contributed by atoms with E-state index in [1.54, 1.807) is 12.2 Å². The zero-order chi connectivity index (χ0) is 19.8. The van der Waals surface area contributed by atoms with Gasteiger partial charge in [-0.05, 0) is 62.0 Å². The van der Waals surface area contributed by atoms with Crippen LogP contribution in [-0.4, -0.2) is 34.3 Å². The second-order valence-corrected chi connectivity index (χ2v) is 9.91. The Balaban J connectivity index is 1.80. The molecule has 0 spiro atoms. The molecule has 0 saturated heterocycles. The minimum atomic E-state index is -1.82. The van der Waals surface area contributed by atoms with Crippen molar-refractivity contribution in [2.75, 3.05) is 5.88 Å². The normalized spacial score (nSPS) is 51.3. The largest absolute Gasteiger partial charge is 0.390 e. The van der Waals surface area contributed by atoms with Crippen LogP contribution in [-0.2, 0) is 9.59 Å². The number of aliphatic hydroxyl groups is 1. The summed E-state index contributed by atoms with van der Waals surface area (Å²) in [5.41, 5.74) is -2.44. The number of hydrogen-bond acceptors (Lipinski definition) is 3. The molecule has 3 saturated carbocycles. The van der Waals surface area contributed by atoms with Crippen molar-refractivity contribution in [2.24, 2.45) is 34.5 Å². The molecule has 0 aliphatic heterocycles. The monoisotopic (exact) mass is 394 g/mol. The van der Waals surface area contributed by atoms with E-state index < -0.39 is 22.6 Å². The standard InChI is InChI=1S/C22H28ClFO3/c1-12-8-16-15-5-4-13-9-14(25)6-7-21(13,3)22(15,24)18(27)10-20(16,2)19(12)17(26)11-23/h6-7,9,12,15-16,18-19,27H,4-5,8,10-11H2,1-3H3/t12?,15-,16-,18?,19+,20-,21-,22-/m0/s1. The number of allylic oxidation sites excluding steroid dienone is 4. The van der Waals surface area contributed by atoms with Crippen molar-refractivity contribution in [3.63, 3.8) is 0 Å². The van der Waals surface area contributed by atoms with E-state index in [0.717, 1.165) is 12.0 Å². The van der Waals surface area contributed by atoms with E-state index in [9.17, 15) is 14.7 Å². The third-order valence-corrected chi connectivity index (χ3v) is 8.72. The highest BCUT2D eigenvalue weighted by molar-refractivity contribution is 6.28. The number of rotatable bonds is 2. The molecule has 0 aromatic carbocycles. The van der Waals surface area contributed by atoms with Crippen molar-refractivity contribution in [1.29, 1.82) is 0 Å². The zero-order valence-corrected chi connectivity index (χ0v) is 16.9. The number of carbonyl (C=O) groups excluding carboxylic acids is 2. The number of hydrogen-bond donors (Lipinski definition) is 1. The van der Waals surface area contributed by atoms with Crippen molar-refractivity contribution in [3.8, 4) is 0 Å². The van der Waals surface area contributed by atoms with Crippen LogP contribution < -0.4 is 0 Å². The van der Waals surface area contributed by atoms with E-state index in [4.69, 9.17) is 11.6 Å². The molecule has 0 aromatic heterocycles. The fourth-order valence-corrected chi connectivity index (χ4v) is 7.51. The number of fused-ring (bicyclic) bond motifs is 5. The van der Waals surface area contributed by atoms with Crippen LogP contribution in [0.4, 0.5) is 4.39 Å². The van der Waals surface area contributed by atoms with Crippen molar-refractivity contribution < 1.29 is 19.1 Å². The molecule has 0 radical (unpaired) electrons. The summed E-state index contributed by atoms with van der Waals surface area (Å²) in [6.07, 6.45) is 5.78. The molecule has 4 rings (SSSR count). The molecule has 0 bridgehead atoms. The van der Waals surface area contributed by atoms with E-state index in [-0.39, 0.29) is 47.5 Å². The maximum atomic E-state index is 16.8. The summed E-state index contributed by atoms with van der Waals surface area (Å²) in [6.45, 7) is 5.92. The number of halogens is 2. The number of ketones is 2. The topological polar surface area (TPSA) is 54.4 Å². The number of aliphatic hydroxyl groups excluding tert-OH is 1. The van der Waals surface area contributed by atoms with Crippen LogP contribution in [0.5, 0.6) is 0 Å². The van der Waals surface area contributed by atoms with Gasteiger partial charge in [0.25, 0.3) is 0 Å². The first kappa shape index (κ1) is 19.3. The Morgan fingerprint density at radius 2 is 2.07 bits per heavy atom. The van der Waals surface area contributed by atoms with Gasteiger partial charge in [0.15, 0.2) is 17.2 Å². The summed E-state index contributed by atoms with van der Waals surface area (Å²) in [4.78, 5) is 24.4. The van der Waals surface area contributed by atoms with E-state index in [1.165, 1.54) is 6.08 Å². The van der Waals surface area contributed by atoms with Crippen molar-refractivity contribution in [3.05, 3.63) is 23.8 Å². The minimum Gasteiger partial charge on any atom is -0.390 e. The van der Waals surface area contributed by atoms with Gasteiger partial charge < -0.3 is 5.11 Å². The van der Waals surface area contributed by atoms with Crippen molar-refractivity contribution in [1.82, 2.24) is 0 Å². The molecule has 5 heteroatoms. The summed E-state index contributed by atoms with van der Waals surface area (Å²) in [6, 6.07) is 0. The molecule has 4 aliphatic carbocycles. The van der Waals surface area contributed by atoms with Gasteiger partial charge in [-0.3, -0.25) is 9.59 Å². The average Bonchev–Trinajstić information content (AvgIpc) is 2.86. The fourth-order valence-electron chi connectivity index (χ4n) is 7.35. The SMILES string of the molecule is CC1C[C@H]2[C@@H]3CCC4=CC(=O)C=C[C@]4(C)[C@@]3(F)C(O)C[C@]2(C)[C@H]1C(=O)CCl. The van der Waals surface area contributed by atoms with E-state index in [1.807, 2.05) is 13.8 Å². The molecule has 3 fully saturated rings. The molecule has 0 heterocycles. The molecule has 2 unspecified atom stereocenters. The third-order valence-electron chi connectivity index (χ3n) is 8.46. The van der Waals surface area contributed by atoms with Gasteiger partial charge >= 0.3 is 0 Å². The van der Waals surface area contributed by atoms with Gasteiger partial charge in [0, 0.05) is 17.3 Å². The van der Waals surface area contributed by atoms with Gasteiger partial charge in [-0.25, -0.2) is 4.39 Å². The van der Waals surface area contributed by atoms with Gasteiger partial charge in [-0.15, -0.1) is 11.6 Å². The van der Waals surface area contributed by atoms with Crippen LogP contribution >= 0.6 is 11.6 Å². The van der Waals surface area contributed by atoms with E-state index >= 15 is 4.39 Å². The molecule has 148 valence electrons. The van der Waals surface area contributed by atoms with E-state index in [0.29, 0.717) is 12.8 Å². The Morgan fingerprint density at radius 3 is 2.74 bits per heavy atom. The Hall–Kier alpha value is -1.00. The Kier molecular flexibility index (Phi) is 4.29. The van der Waals surface area contributed by atoms with Crippen molar-refractivity contribution >= 4 is 23.2 Å². The van der Waals surface area contributed by atoms with E-state index in [2.05, 4.69) is 6.92 Å². The molecular formula is C22H28ClFO3. The molecule has 0 amide bonds. The second-order valence-electron chi connectivity index (χ2n) is 9.64. The van der Waals surface area contributed by atoms with Gasteiger partial charge in [0.2, 0.25) is 0 Å². The Bertz CT molecular complexity index is 761. The first-order valence-electron chi connectivity index (χ1n) is 9.99. The van der Waals surface area contributed by atoms with Crippen LogP contribution in [0.3, 0.4) is 0 Å². The summed E-state index contributed by atoms with van der Waals surface area (Å²) in [5, 5.41) is 11.1. The second kappa shape index (κ2) is 6.00. The summed E-state index contributed by atoms with van der Waals surface area (Å²) in [5.74, 6) is -0.528. The highest BCUT2D eigenvalue weighted by atomic mass is 35.5. The lowest BCUT2D eigenvalue weighted by atomic mass is 9.45. The minimum absolute atomic E-state index is 0.0125. The summed E-state index contributed by atoms with van der Waals surface area (Å²) >= 11 is 5.88. The zero-order valence-electron chi connectivity index (χ0n) is 16.2. The van der Waals surface area contributed by atoms with Gasteiger partial charge in [0.05, 0.1) is 12.0 Å². The first-order valence-corrected chi connectivity index (χ1v) is 10.5. The number of carbonyl (C=O) groups is 2. The van der Waals surface area contributed by atoms with Crippen LogP contribution in [0.25, 0.3) is 0 Å². The van der Waals surface area contributed by atoms with Gasteiger partial charge in [0.1, 0.15) is 0 Å². The quantitative estimate of drug-likeness (QED) is 0.719. The smallest absolute Gasteiger partial charge is 0.178 e. The van der Waals surface area contributed by atoms with Crippen molar-refractivity contribution in [2.45, 2.75) is 58.2 Å². The highest BCUT2D eigenvalue weighted by Crippen LogP contribution is 2.69. The third kappa shape index (κ3) is 2.29. The summed E-state index contributed by atoms with van der Waals surface area (Å²) in [7, 11) is 0. The molecule has 1 N–H and O–H groups in total. The predicted octanol–water partition coefficient (Wildman–Crippen LogP) is 4.03. The highest BCUT2D eigenvalue weighted by Gasteiger charge is 2.71. The molecule has 27 heavy (non-hydrogen) atoms. The van der Waals surface area contributed by atoms with Gasteiger partial charge in [-0.1, -0.05) is 25.5 Å². The molecule has 0 aromatic rings. The average molecular weight is 395 g/mol. The fraction of sp³-hybridized carbons (Fsp3) is 0.727. The van der Waals surface area contributed by atoms with Crippen LogP contribution in [0.15, 0.2) is 23.8 Å². The number of alkyl halides is 2. The molecule has 3 nitrogen and oxygen atoms in total. The van der Waals surface area contributed by atoms with Gasteiger partial charge in [-0.2, -0.15) is 0 Å². The first-order chi connectivity index (χ1) is 12.6. The van der Waals surface area contributed by atoms with Crippen LogP contribution in [0, 0.1) is 34.5 Å². The lowest BCUT2D eigenvalue weighted by Gasteiger charge is -2.62. The molecular weight excluding hydrogens is 367 g/mol. The Morgan fingerprint density at radius 1 is 1.37 bits per heavy atom.